The molecule has 7 N–H and O–H groups in total. The Balaban J connectivity index is 2.70. The lowest BCUT2D eigenvalue weighted by Crippen LogP contribution is -2.42. The normalized spacial score (nSPS) is 11.2. The summed E-state index contributed by atoms with van der Waals surface area (Å²) in [5.74, 6) is 5.93. The highest BCUT2D eigenvalue weighted by Crippen LogP contribution is 2.26. The molecule has 1 rings (SSSR count). The fourth-order valence-corrected chi connectivity index (χ4v) is 1.99. The van der Waals surface area contributed by atoms with Crippen LogP contribution in [0.1, 0.15) is 13.8 Å². The van der Waals surface area contributed by atoms with Crippen molar-refractivity contribution in [3.05, 3.63) is 6.07 Å². The van der Waals surface area contributed by atoms with Gasteiger partial charge in [0.15, 0.2) is 5.16 Å². The van der Waals surface area contributed by atoms with Crippen molar-refractivity contribution in [3.8, 4) is 0 Å². The molecule has 0 spiro atoms. The number of nitrogen functional groups attached to an aromatic ring is 2. The zero-order valence-electron chi connectivity index (χ0n) is 9.73. The van der Waals surface area contributed by atoms with Gasteiger partial charge in [0.2, 0.25) is 5.91 Å². The molecular formula is C9H16N6OS. The van der Waals surface area contributed by atoms with Crippen LogP contribution in [0, 0.1) is 5.41 Å². The van der Waals surface area contributed by atoms with Gasteiger partial charge >= 0.3 is 0 Å². The van der Waals surface area contributed by atoms with Crippen LogP contribution in [0.25, 0.3) is 0 Å². The van der Waals surface area contributed by atoms with Crippen molar-refractivity contribution in [2.75, 3.05) is 17.2 Å². The number of amides is 1. The summed E-state index contributed by atoms with van der Waals surface area (Å²) >= 11 is 1.30. The van der Waals surface area contributed by atoms with Crippen molar-refractivity contribution < 1.29 is 4.79 Å². The summed E-state index contributed by atoms with van der Waals surface area (Å²) in [6.07, 6.45) is 0. The van der Waals surface area contributed by atoms with Crippen LogP contribution in [-0.2, 0) is 4.79 Å². The quantitative estimate of drug-likeness (QED) is 0.192. The molecule has 0 saturated carbocycles. The minimum Gasteiger partial charge on any atom is -0.383 e. The maximum atomic E-state index is 11.4. The molecule has 17 heavy (non-hydrogen) atoms. The molecule has 1 heterocycles. The van der Waals surface area contributed by atoms with Gasteiger partial charge in [-0.2, -0.15) is 0 Å². The average Bonchev–Trinajstić information content (AvgIpc) is 2.24. The number of nitrogens with two attached hydrogens (primary N) is 3. The predicted molar refractivity (Wildman–Crippen MR) is 67.7 cm³/mol. The number of anilines is 2. The molecule has 0 saturated heterocycles. The Labute approximate surface area is 104 Å². The van der Waals surface area contributed by atoms with Crippen LogP contribution in [0.15, 0.2) is 11.2 Å². The third-order valence-electron chi connectivity index (χ3n) is 2.05. The fraction of sp³-hybridized carbons (Fsp3) is 0.444. The largest absolute Gasteiger partial charge is 0.383 e. The zero-order valence-corrected chi connectivity index (χ0v) is 10.5. The highest BCUT2D eigenvalue weighted by Gasteiger charge is 2.27. The molecule has 0 unspecified atom stereocenters. The molecule has 0 fully saturated rings. The van der Waals surface area contributed by atoms with Gasteiger partial charge in [0.1, 0.15) is 11.6 Å². The molecule has 1 amide bonds. The second kappa shape index (κ2) is 5.19. The first kappa shape index (κ1) is 13.5. The lowest BCUT2D eigenvalue weighted by molar-refractivity contribution is -0.128. The molecule has 0 bridgehead atoms. The van der Waals surface area contributed by atoms with E-state index in [1.807, 2.05) is 0 Å². The molecule has 94 valence electrons. The lowest BCUT2D eigenvalue weighted by atomic mass is 9.96. The van der Waals surface area contributed by atoms with E-state index in [0.717, 1.165) is 0 Å². The smallest absolute Gasteiger partial charge is 0.240 e. The van der Waals surface area contributed by atoms with Gasteiger partial charge in [-0.3, -0.25) is 10.2 Å². The number of nitrogens with one attached hydrogen (secondary N) is 1. The number of hydrogen-bond donors (Lipinski definition) is 4. The summed E-state index contributed by atoms with van der Waals surface area (Å²) in [6.45, 7) is 3.55. The van der Waals surface area contributed by atoms with Gasteiger partial charge < -0.3 is 11.5 Å². The van der Waals surface area contributed by atoms with E-state index in [-0.39, 0.29) is 5.91 Å². The van der Waals surface area contributed by atoms with Crippen LogP contribution in [0.3, 0.4) is 0 Å². The Morgan fingerprint density at radius 3 is 2.41 bits per heavy atom. The van der Waals surface area contributed by atoms with Gasteiger partial charge in [0, 0.05) is 11.8 Å². The van der Waals surface area contributed by atoms with Crippen LogP contribution in [-0.4, -0.2) is 21.6 Å². The van der Waals surface area contributed by atoms with Crippen LogP contribution in [0.5, 0.6) is 0 Å². The number of hydrogen-bond acceptors (Lipinski definition) is 7. The Morgan fingerprint density at radius 1 is 1.41 bits per heavy atom. The number of hydrazine groups is 1. The molecular weight excluding hydrogens is 240 g/mol. The van der Waals surface area contributed by atoms with Crippen molar-refractivity contribution in [2.24, 2.45) is 11.3 Å². The molecule has 7 nitrogen and oxygen atoms in total. The van der Waals surface area contributed by atoms with Crippen molar-refractivity contribution >= 4 is 29.3 Å². The summed E-state index contributed by atoms with van der Waals surface area (Å²) in [6, 6.07) is 1.47. The van der Waals surface area contributed by atoms with E-state index in [1.54, 1.807) is 13.8 Å². The van der Waals surface area contributed by atoms with Gasteiger partial charge in [0.05, 0.1) is 5.41 Å². The molecule has 0 radical (unpaired) electrons. The Kier molecular flexibility index (Phi) is 4.13. The van der Waals surface area contributed by atoms with E-state index in [1.165, 1.54) is 17.8 Å². The van der Waals surface area contributed by atoms with Crippen LogP contribution in [0.2, 0.25) is 0 Å². The molecule has 0 aromatic carbocycles. The monoisotopic (exact) mass is 256 g/mol. The highest BCUT2D eigenvalue weighted by molar-refractivity contribution is 7.99. The van der Waals surface area contributed by atoms with Gasteiger partial charge in [-0.15, -0.1) is 0 Å². The van der Waals surface area contributed by atoms with Gasteiger partial charge in [-0.05, 0) is 0 Å². The van der Waals surface area contributed by atoms with Crippen LogP contribution < -0.4 is 22.7 Å². The number of nitrogens with zero attached hydrogens (tertiary/aromatic N) is 2. The van der Waals surface area contributed by atoms with Gasteiger partial charge in [-0.25, -0.2) is 15.8 Å². The zero-order chi connectivity index (χ0) is 13.1. The second-order valence-corrected chi connectivity index (χ2v) is 5.09. The maximum absolute atomic E-state index is 11.4. The number of rotatable bonds is 4. The van der Waals surface area contributed by atoms with E-state index in [0.29, 0.717) is 22.5 Å². The van der Waals surface area contributed by atoms with Crippen molar-refractivity contribution in [3.63, 3.8) is 0 Å². The number of carbonyl (C=O) groups excluding carboxylic acids is 1. The predicted octanol–water partition coefficient (Wildman–Crippen LogP) is -0.251. The summed E-state index contributed by atoms with van der Waals surface area (Å²) in [5.41, 5.74) is 12.6. The van der Waals surface area contributed by atoms with Crippen LogP contribution in [0.4, 0.5) is 11.6 Å². The minimum absolute atomic E-state index is 0.248. The fourth-order valence-electron chi connectivity index (χ4n) is 1.03. The first-order chi connectivity index (χ1) is 7.85. The first-order valence-electron chi connectivity index (χ1n) is 4.89. The summed E-state index contributed by atoms with van der Waals surface area (Å²) in [4.78, 5) is 19.5. The number of carbonyl (C=O) groups is 1. The molecule has 1 aromatic rings. The second-order valence-electron chi connectivity index (χ2n) is 4.15. The first-order valence-corrected chi connectivity index (χ1v) is 5.87. The molecule has 0 aliphatic rings. The molecule has 0 atom stereocenters. The minimum atomic E-state index is -0.623. The maximum Gasteiger partial charge on any atom is 0.240 e. The average molecular weight is 256 g/mol. The van der Waals surface area contributed by atoms with Crippen molar-refractivity contribution in [1.82, 2.24) is 15.4 Å². The summed E-state index contributed by atoms with van der Waals surface area (Å²) in [7, 11) is 0. The third kappa shape index (κ3) is 3.75. The van der Waals surface area contributed by atoms with Gasteiger partial charge in [0.25, 0.3) is 0 Å². The van der Waals surface area contributed by atoms with Crippen molar-refractivity contribution in [2.45, 2.75) is 19.0 Å². The number of thioether (sulfide) groups is 1. The SMILES string of the molecule is CC(C)(CSc1nc(N)cc(N)n1)C(=O)NN. The van der Waals surface area contributed by atoms with E-state index in [4.69, 9.17) is 17.3 Å². The van der Waals surface area contributed by atoms with E-state index < -0.39 is 5.41 Å². The third-order valence-corrected chi connectivity index (χ3v) is 3.36. The van der Waals surface area contributed by atoms with E-state index in [2.05, 4.69) is 15.4 Å². The highest BCUT2D eigenvalue weighted by atomic mass is 32.2. The van der Waals surface area contributed by atoms with E-state index >= 15 is 0 Å². The van der Waals surface area contributed by atoms with Crippen LogP contribution >= 0.6 is 11.8 Å². The van der Waals surface area contributed by atoms with Crippen molar-refractivity contribution in [1.29, 1.82) is 0 Å². The molecule has 1 aromatic heterocycles. The standard InChI is InChI=1S/C9H16N6OS/c1-9(2,7(16)15-12)4-17-8-13-5(10)3-6(11)14-8/h3H,4,12H2,1-2H3,(H,15,16)(H4,10,11,13,14). The summed E-state index contributed by atoms with van der Waals surface area (Å²) < 4.78 is 0. The molecule has 8 heteroatoms. The van der Waals surface area contributed by atoms with Gasteiger partial charge in [-0.1, -0.05) is 25.6 Å². The Hall–Kier alpha value is -1.54. The topological polar surface area (TPSA) is 133 Å². The summed E-state index contributed by atoms with van der Waals surface area (Å²) in [5, 5.41) is 0.445. The number of aromatic nitrogens is 2. The molecule has 0 aliphatic carbocycles. The Bertz CT molecular complexity index is 402. The lowest BCUT2D eigenvalue weighted by Gasteiger charge is -2.20. The van der Waals surface area contributed by atoms with E-state index in [9.17, 15) is 4.79 Å². The Morgan fingerprint density at radius 2 is 1.94 bits per heavy atom. The molecule has 0 aliphatic heterocycles.